The Kier molecular flexibility index (Phi) is 7.29. The standard InChI is InChI=1S/C28H34N6O/c29-18-23-5-7-27(32-19-23)34-14-2-1-3-26(34)28(35)31-12-8-21-10-15-33(16-11-21)20-22-4-6-25-24(17-22)9-13-30-25/h4-7,9,13,17,19,21,26,30H,1-3,8,10-12,14-16,20H2,(H,31,35). The van der Waals surface area contributed by atoms with Gasteiger partial charge in [0.2, 0.25) is 5.91 Å². The number of nitrogens with one attached hydrogen (secondary N) is 2. The van der Waals surface area contributed by atoms with E-state index in [1.807, 2.05) is 12.3 Å². The van der Waals surface area contributed by atoms with Crippen molar-refractivity contribution in [3.8, 4) is 6.07 Å². The van der Waals surface area contributed by atoms with Gasteiger partial charge < -0.3 is 15.2 Å². The van der Waals surface area contributed by atoms with E-state index in [2.05, 4.69) is 55.4 Å². The van der Waals surface area contributed by atoms with Crippen molar-refractivity contribution in [3.63, 3.8) is 0 Å². The van der Waals surface area contributed by atoms with Gasteiger partial charge in [-0.05, 0) is 98.8 Å². The van der Waals surface area contributed by atoms with E-state index in [4.69, 9.17) is 5.26 Å². The van der Waals surface area contributed by atoms with Gasteiger partial charge in [0.1, 0.15) is 17.9 Å². The summed E-state index contributed by atoms with van der Waals surface area (Å²) in [5, 5.41) is 13.5. The van der Waals surface area contributed by atoms with E-state index >= 15 is 0 Å². The second-order valence-corrected chi connectivity index (χ2v) is 9.92. The van der Waals surface area contributed by atoms with Crippen molar-refractivity contribution in [2.75, 3.05) is 31.1 Å². The molecule has 2 N–H and O–H groups in total. The van der Waals surface area contributed by atoms with E-state index in [0.29, 0.717) is 11.5 Å². The van der Waals surface area contributed by atoms with Crippen LogP contribution in [-0.2, 0) is 11.3 Å². The lowest BCUT2D eigenvalue weighted by atomic mass is 9.93. The first-order chi connectivity index (χ1) is 17.2. The number of aromatic nitrogens is 2. The number of fused-ring (bicyclic) bond motifs is 1. The predicted molar refractivity (Wildman–Crippen MR) is 138 cm³/mol. The fraction of sp³-hybridized carbons (Fsp3) is 0.464. The van der Waals surface area contributed by atoms with Crippen molar-refractivity contribution in [2.24, 2.45) is 5.92 Å². The molecule has 182 valence electrons. The number of likely N-dealkylation sites (tertiary alicyclic amines) is 1. The third kappa shape index (κ3) is 5.66. The number of carbonyl (C=O) groups is 1. The van der Waals surface area contributed by atoms with Gasteiger partial charge in [0.25, 0.3) is 0 Å². The minimum atomic E-state index is -0.177. The molecule has 0 aliphatic carbocycles. The first-order valence-corrected chi connectivity index (χ1v) is 12.9. The number of benzene rings is 1. The van der Waals surface area contributed by atoms with Crippen LogP contribution in [0, 0.1) is 17.2 Å². The highest BCUT2D eigenvalue weighted by Crippen LogP contribution is 2.25. The molecule has 7 nitrogen and oxygen atoms in total. The first kappa shape index (κ1) is 23.4. The summed E-state index contributed by atoms with van der Waals surface area (Å²) in [7, 11) is 0. The molecule has 4 heterocycles. The molecule has 1 atom stereocenters. The van der Waals surface area contributed by atoms with E-state index < -0.39 is 0 Å². The molecule has 2 saturated heterocycles. The van der Waals surface area contributed by atoms with E-state index in [1.165, 1.54) is 29.3 Å². The van der Waals surface area contributed by atoms with Crippen molar-refractivity contribution in [3.05, 3.63) is 59.9 Å². The maximum atomic E-state index is 13.0. The van der Waals surface area contributed by atoms with E-state index in [9.17, 15) is 4.79 Å². The van der Waals surface area contributed by atoms with Crippen molar-refractivity contribution in [2.45, 2.75) is 51.1 Å². The van der Waals surface area contributed by atoms with Crippen molar-refractivity contribution < 1.29 is 4.79 Å². The minimum Gasteiger partial charge on any atom is -0.361 e. The monoisotopic (exact) mass is 470 g/mol. The Morgan fingerprint density at radius 3 is 2.80 bits per heavy atom. The molecule has 0 saturated carbocycles. The number of carbonyl (C=O) groups excluding carboxylic acids is 1. The fourth-order valence-electron chi connectivity index (χ4n) is 5.51. The number of hydrogen-bond acceptors (Lipinski definition) is 5. The van der Waals surface area contributed by atoms with Crippen LogP contribution in [0.1, 0.15) is 49.7 Å². The number of pyridine rings is 1. The number of hydrogen-bond donors (Lipinski definition) is 2. The number of nitriles is 1. The van der Waals surface area contributed by atoms with Crippen molar-refractivity contribution >= 4 is 22.6 Å². The second-order valence-electron chi connectivity index (χ2n) is 9.92. The molecule has 5 rings (SSSR count). The van der Waals surface area contributed by atoms with Crippen LogP contribution in [-0.4, -0.2) is 53.0 Å². The molecule has 7 heteroatoms. The lowest BCUT2D eigenvalue weighted by Crippen LogP contribution is -2.50. The Morgan fingerprint density at radius 1 is 1.11 bits per heavy atom. The number of amides is 1. The number of rotatable bonds is 7. The molecule has 2 aliphatic heterocycles. The van der Waals surface area contributed by atoms with Gasteiger partial charge in [0, 0.05) is 37.5 Å². The Labute approximate surface area is 207 Å². The Bertz CT molecular complexity index is 1170. The molecule has 0 bridgehead atoms. The maximum Gasteiger partial charge on any atom is 0.242 e. The summed E-state index contributed by atoms with van der Waals surface area (Å²) >= 11 is 0. The summed E-state index contributed by atoms with van der Waals surface area (Å²) < 4.78 is 0. The molecule has 1 amide bonds. The van der Waals surface area contributed by atoms with Crippen molar-refractivity contribution in [1.29, 1.82) is 5.26 Å². The predicted octanol–water partition coefficient (Wildman–Crippen LogP) is 4.21. The second kappa shape index (κ2) is 10.9. The van der Waals surface area contributed by atoms with Gasteiger partial charge in [-0.15, -0.1) is 0 Å². The van der Waals surface area contributed by atoms with Crippen LogP contribution in [0.15, 0.2) is 48.8 Å². The van der Waals surface area contributed by atoms with Crippen LogP contribution in [0.3, 0.4) is 0 Å². The molecule has 35 heavy (non-hydrogen) atoms. The Balaban J connectivity index is 1.06. The zero-order chi connectivity index (χ0) is 24.0. The van der Waals surface area contributed by atoms with Crippen molar-refractivity contribution in [1.82, 2.24) is 20.2 Å². The third-order valence-electron chi connectivity index (χ3n) is 7.56. The average molecular weight is 471 g/mol. The summed E-state index contributed by atoms with van der Waals surface area (Å²) in [5.74, 6) is 1.56. The van der Waals surface area contributed by atoms with Gasteiger partial charge in [0.15, 0.2) is 0 Å². The van der Waals surface area contributed by atoms with E-state index in [-0.39, 0.29) is 11.9 Å². The highest BCUT2D eigenvalue weighted by molar-refractivity contribution is 5.85. The van der Waals surface area contributed by atoms with Gasteiger partial charge in [0.05, 0.1) is 5.56 Å². The SMILES string of the molecule is N#Cc1ccc(N2CCCCC2C(=O)NCCC2CCN(Cc3ccc4[nH]ccc4c3)CC2)nc1. The van der Waals surface area contributed by atoms with E-state index in [1.54, 1.807) is 12.3 Å². The summed E-state index contributed by atoms with van der Waals surface area (Å²) in [4.78, 5) is 25.4. The van der Waals surface area contributed by atoms with Gasteiger partial charge in [-0.1, -0.05) is 6.07 Å². The molecule has 1 aromatic carbocycles. The van der Waals surface area contributed by atoms with Gasteiger partial charge in [-0.25, -0.2) is 4.98 Å². The number of anilines is 1. The molecule has 2 fully saturated rings. The average Bonchev–Trinajstić information content (AvgIpc) is 3.38. The maximum absolute atomic E-state index is 13.0. The molecular formula is C28H34N6O. The zero-order valence-electron chi connectivity index (χ0n) is 20.2. The molecule has 2 aromatic heterocycles. The van der Waals surface area contributed by atoms with E-state index in [0.717, 1.165) is 64.2 Å². The van der Waals surface area contributed by atoms with Crippen LogP contribution in [0.2, 0.25) is 0 Å². The van der Waals surface area contributed by atoms with Crippen LogP contribution in [0.5, 0.6) is 0 Å². The highest BCUT2D eigenvalue weighted by atomic mass is 16.2. The van der Waals surface area contributed by atoms with Gasteiger partial charge in [-0.3, -0.25) is 9.69 Å². The topological polar surface area (TPSA) is 88.0 Å². The molecule has 0 radical (unpaired) electrons. The smallest absolute Gasteiger partial charge is 0.242 e. The minimum absolute atomic E-state index is 0.105. The van der Waals surface area contributed by atoms with Gasteiger partial charge in [-0.2, -0.15) is 5.26 Å². The molecule has 3 aromatic rings. The summed E-state index contributed by atoms with van der Waals surface area (Å²) in [6, 6.07) is 14.4. The molecule has 0 spiro atoms. The lowest BCUT2D eigenvalue weighted by Gasteiger charge is -2.36. The number of piperidine rings is 2. The summed E-state index contributed by atoms with van der Waals surface area (Å²) in [5.41, 5.74) is 3.11. The normalized spacial score (nSPS) is 19.5. The molecule has 2 aliphatic rings. The highest BCUT2D eigenvalue weighted by Gasteiger charge is 2.29. The van der Waals surface area contributed by atoms with Crippen LogP contribution >= 0.6 is 0 Å². The van der Waals surface area contributed by atoms with Gasteiger partial charge >= 0.3 is 0 Å². The lowest BCUT2D eigenvalue weighted by molar-refractivity contribution is -0.122. The zero-order valence-corrected chi connectivity index (χ0v) is 20.2. The molecular weight excluding hydrogens is 436 g/mol. The van der Waals surface area contributed by atoms with Crippen LogP contribution in [0.4, 0.5) is 5.82 Å². The van der Waals surface area contributed by atoms with Crippen LogP contribution < -0.4 is 10.2 Å². The Hall–Kier alpha value is -3.37. The van der Waals surface area contributed by atoms with Crippen LogP contribution in [0.25, 0.3) is 10.9 Å². The first-order valence-electron chi connectivity index (χ1n) is 12.9. The number of H-pyrrole nitrogens is 1. The number of nitrogens with zero attached hydrogens (tertiary/aromatic N) is 4. The quantitative estimate of drug-likeness (QED) is 0.540. The molecule has 1 unspecified atom stereocenters. The summed E-state index contributed by atoms with van der Waals surface area (Å²) in [6.45, 7) is 4.80. The Morgan fingerprint density at radius 2 is 2.00 bits per heavy atom. The summed E-state index contributed by atoms with van der Waals surface area (Å²) in [6.07, 6.45) is 9.96. The number of aromatic amines is 1. The fourth-order valence-corrected chi connectivity index (χ4v) is 5.51. The third-order valence-corrected chi connectivity index (χ3v) is 7.56. The largest absolute Gasteiger partial charge is 0.361 e.